The molecule has 4 rings (SSSR count). The lowest BCUT2D eigenvalue weighted by Gasteiger charge is -2.35. The van der Waals surface area contributed by atoms with E-state index in [9.17, 15) is 4.79 Å². The Balaban J connectivity index is 1.34. The molecule has 2 aliphatic heterocycles. The highest BCUT2D eigenvalue weighted by atomic mass is 35.5. The van der Waals surface area contributed by atoms with E-state index in [2.05, 4.69) is 4.90 Å². The number of benzene rings is 1. The summed E-state index contributed by atoms with van der Waals surface area (Å²) in [5, 5.41) is 0.678. The lowest BCUT2D eigenvalue weighted by atomic mass is 10.2. The fraction of sp³-hybridized carbons (Fsp3) is 0.450. The molecular weight excluding hydrogens is 352 g/mol. The number of piperazine rings is 1. The van der Waals surface area contributed by atoms with Crippen molar-refractivity contribution in [2.75, 3.05) is 39.3 Å². The minimum Gasteiger partial charge on any atom is -0.451 e. The standard InChI is InChI=1S/C20H23ClN2O3/c21-16-5-3-15(4-6-16)18-7-8-19(26-18)20(24)23-11-9-22(10-12-23)14-17-2-1-13-25-17/h3-8,17H,1-2,9-14H2/t17-/m0/s1. The van der Waals surface area contributed by atoms with Gasteiger partial charge in [-0.05, 0) is 49.2 Å². The first-order chi connectivity index (χ1) is 12.7. The van der Waals surface area contributed by atoms with Gasteiger partial charge in [0, 0.05) is 49.9 Å². The Morgan fingerprint density at radius 3 is 2.54 bits per heavy atom. The summed E-state index contributed by atoms with van der Waals surface area (Å²) in [5.41, 5.74) is 0.912. The second-order valence-corrected chi connectivity index (χ2v) is 7.34. The van der Waals surface area contributed by atoms with E-state index in [0.717, 1.165) is 57.7 Å². The Hall–Kier alpha value is -1.82. The van der Waals surface area contributed by atoms with Crippen LogP contribution in [0.1, 0.15) is 23.4 Å². The van der Waals surface area contributed by atoms with Crippen molar-refractivity contribution >= 4 is 17.5 Å². The van der Waals surface area contributed by atoms with E-state index in [4.69, 9.17) is 20.8 Å². The van der Waals surface area contributed by atoms with Gasteiger partial charge in [0.05, 0.1) is 6.10 Å². The van der Waals surface area contributed by atoms with Gasteiger partial charge in [0.25, 0.3) is 5.91 Å². The molecule has 3 heterocycles. The number of hydrogen-bond donors (Lipinski definition) is 0. The highest BCUT2D eigenvalue weighted by Gasteiger charge is 2.26. The van der Waals surface area contributed by atoms with Crippen LogP contribution >= 0.6 is 11.6 Å². The van der Waals surface area contributed by atoms with E-state index in [1.54, 1.807) is 6.07 Å². The molecule has 5 nitrogen and oxygen atoms in total. The maximum atomic E-state index is 12.7. The van der Waals surface area contributed by atoms with Crippen molar-refractivity contribution in [3.8, 4) is 11.3 Å². The maximum absolute atomic E-state index is 12.7. The van der Waals surface area contributed by atoms with Crippen molar-refractivity contribution in [3.63, 3.8) is 0 Å². The number of hydrogen-bond acceptors (Lipinski definition) is 4. The monoisotopic (exact) mass is 374 g/mol. The van der Waals surface area contributed by atoms with Gasteiger partial charge in [0.2, 0.25) is 0 Å². The third-order valence-electron chi connectivity index (χ3n) is 5.09. The second kappa shape index (κ2) is 7.82. The third-order valence-corrected chi connectivity index (χ3v) is 5.34. The normalized spacial score (nSPS) is 21.3. The van der Waals surface area contributed by atoms with E-state index >= 15 is 0 Å². The fourth-order valence-electron chi connectivity index (χ4n) is 3.59. The minimum atomic E-state index is -0.0398. The zero-order chi connectivity index (χ0) is 17.9. The van der Waals surface area contributed by atoms with Crippen molar-refractivity contribution in [3.05, 3.63) is 47.2 Å². The zero-order valence-corrected chi connectivity index (χ0v) is 15.5. The van der Waals surface area contributed by atoms with Gasteiger partial charge >= 0.3 is 0 Å². The van der Waals surface area contributed by atoms with Crippen molar-refractivity contribution < 1.29 is 13.9 Å². The van der Waals surface area contributed by atoms with Crippen molar-refractivity contribution in [1.82, 2.24) is 9.80 Å². The molecule has 1 atom stereocenters. The molecule has 1 amide bonds. The molecule has 2 saturated heterocycles. The second-order valence-electron chi connectivity index (χ2n) is 6.90. The first kappa shape index (κ1) is 17.6. The SMILES string of the molecule is O=C(c1ccc(-c2ccc(Cl)cc2)o1)N1CCN(C[C@@H]2CCCO2)CC1. The number of carbonyl (C=O) groups is 1. The van der Waals surface area contributed by atoms with Gasteiger partial charge in [-0.25, -0.2) is 0 Å². The van der Waals surface area contributed by atoms with E-state index in [1.165, 1.54) is 0 Å². The van der Waals surface area contributed by atoms with Crippen molar-refractivity contribution in [2.45, 2.75) is 18.9 Å². The molecule has 6 heteroatoms. The summed E-state index contributed by atoms with van der Waals surface area (Å²) in [7, 11) is 0. The molecule has 1 aromatic carbocycles. The summed E-state index contributed by atoms with van der Waals surface area (Å²) in [4.78, 5) is 17.0. The summed E-state index contributed by atoms with van der Waals surface area (Å²) in [6.07, 6.45) is 2.68. The predicted molar refractivity (Wildman–Crippen MR) is 100 cm³/mol. The average molecular weight is 375 g/mol. The Kier molecular flexibility index (Phi) is 5.29. The topological polar surface area (TPSA) is 45.9 Å². The Bertz CT molecular complexity index is 745. The quantitative estimate of drug-likeness (QED) is 0.821. The Morgan fingerprint density at radius 1 is 1.08 bits per heavy atom. The number of nitrogens with zero attached hydrogens (tertiary/aromatic N) is 2. The lowest BCUT2D eigenvalue weighted by molar-refractivity contribution is 0.0417. The summed E-state index contributed by atoms with van der Waals surface area (Å²) in [6.45, 7) is 5.08. The molecule has 0 saturated carbocycles. The smallest absolute Gasteiger partial charge is 0.289 e. The first-order valence-electron chi connectivity index (χ1n) is 9.18. The van der Waals surface area contributed by atoms with E-state index in [-0.39, 0.29) is 5.91 Å². The van der Waals surface area contributed by atoms with Crippen LogP contribution in [0.25, 0.3) is 11.3 Å². The molecule has 2 aromatic rings. The molecule has 0 spiro atoms. The molecule has 26 heavy (non-hydrogen) atoms. The highest BCUT2D eigenvalue weighted by molar-refractivity contribution is 6.30. The molecule has 0 bridgehead atoms. The molecule has 2 fully saturated rings. The van der Waals surface area contributed by atoms with E-state index in [0.29, 0.717) is 22.6 Å². The lowest BCUT2D eigenvalue weighted by Crippen LogP contribution is -2.50. The predicted octanol–water partition coefficient (Wildman–Crippen LogP) is 3.54. The molecule has 138 valence electrons. The van der Waals surface area contributed by atoms with Crippen LogP contribution in [0.15, 0.2) is 40.8 Å². The highest BCUT2D eigenvalue weighted by Crippen LogP contribution is 2.25. The van der Waals surface area contributed by atoms with Crippen LogP contribution in [0.3, 0.4) is 0 Å². The van der Waals surface area contributed by atoms with Gasteiger partial charge in [0.15, 0.2) is 5.76 Å². The summed E-state index contributed by atoms with van der Waals surface area (Å²) < 4.78 is 11.5. The summed E-state index contributed by atoms with van der Waals surface area (Å²) in [6, 6.07) is 11.0. The Labute approximate surface area is 158 Å². The van der Waals surface area contributed by atoms with Crippen LogP contribution in [0.4, 0.5) is 0 Å². The third kappa shape index (κ3) is 3.95. The van der Waals surface area contributed by atoms with Crippen molar-refractivity contribution in [2.24, 2.45) is 0 Å². The van der Waals surface area contributed by atoms with E-state index in [1.807, 2.05) is 35.2 Å². The van der Waals surface area contributed by atoms with Crippen LogP contribution in [0, 0.1) is 0 Å². The van der Waals surface area contributed by atoms with Crippen LogP contribution in [0.2, 0.25) is 5.02 Å². The minimum absolute atomic E-state index is 0.0398. The van der Waals surface area contributed by atoms with Crippen molar-refractivity contribution in [1.29, 1.82) is 0 Å². The van der Waals surface area contributed by atoms with Gasteiger partial charge in [-0.3, -0.25) is 9.69 Å². The zero-order valence-electron chi connectivity index (χ0n) is 14.7. The van der Waals surface area contributed by atoms with Crippen LogP contribution in [0.5, 0.6) is 0 Å². The van der Waals surface area contributed by atoms with Crippen LogP contribution in [-0.2, 0) is 4.74 Å². The first-order valence-corrected chi connectivity index (χ1v) is 9.56. The average Bonchev–Trinajstić information content (AvgIpc) is 3.34. The number of ether oxygens (including phenoxy) is 1. The number of carbonyl (C=O) groups excluding carboxylic acids is 1. The van der Waals surface area contributed by atoms with Gasteiger partial charge in [0.1, 0.15) is 5.76 Å². The molecular formula is C20H23ClN2O3. The van der Waals surface area contributed by atoms with Gasteiger partial charge in [-0.2, -0.15) is 0 Å². The van der Waals surface area contributed by atoms with Gasteiger partial charge < -0.3 is 14.1 Å². The Morgan fingerprint density at radius 2 is 1.85 bits per heavy atom. The summed E-state index contributed by atoms with van der Waals surface area (Å²) in [5.74, 6) is 1.03. The molecule has 0 N–H and O–H groups in total. The summed E-state index contributed by atoms with van der Waals surface area (Å²) >= 11 is 5.92. The number of rotatable bonds is 4. The number of halogens is 1. The largest absolute Gasteiger partial charge is 0.451 e. The maximum Gasteiger partial charge on any atom is 0.289 e. The van der Waals surface area contributed by atoms with Crippen LogP contribution < -0.4 is 0 Å². The van der Waals surface area contributed by atoms with Crippen LogP contribution in [-0.4, -0.2) is 61.1 Å². The van der Waals surface area contributed by atoms with Gasteiger partial charge in [-0.1, -0.05) is 11.6 Å². The molecule has 1 aromatic heterocycles. The number of amides is 1. The molecule has 0 radical (unpaired) electrons. The van der Waals surface area contributed by atoms with E-state index < -0.39 is 0 Å². The molecule has 0 aliphatic carbocycles. The molecule has 2 aliphatic rings. The van der Waals surface area contributed by atoms with Gasteiger partial charge in [-0.15, -0.1) is 0 Å². The number of furan rings is 1. The fourth-order valence-corrected chi connectivity index (χ4v) is 3.71. The molecule has 0 unspecified atom stereocenters.